The number of nitrogens with zero attached hydrogens (tertiary/aromatic N) is 1. The van der Waals surface area contributed by atoms with Crippen molar-refractivity contribution in [3.8, 4) is 0 Å². The Kier molecular flexibility index (Phi) is 5.93. The number of carbonyl (C=O) groups excluding carboxylic acids is 4. The Bertz CT molecular complexity index is 708. The maximum absolute atomic E-state index is 12.1. The molecule has 0 radical (unpaired) electrons. The van der Waals surface area contributed by atoms with E-state index in [0.29, 0.717) is 10.6 Å². The molecule has 1 N–H and O–H groups in total. The monoisotopic (exact) mass is 364 g/mol. The molecule has 140 valence electrons. The number of rotatable bonds is 5. The van der Waals surface area contributed by atoms with Crippen LogP contribution in [0.3, 0.4) is 0 Å². The molecule has 1 saturated heterocycles. The van der Waals surface area contributed by atoms with Gasteiger partial charge in [0.25, 0.3) is 11.8 Å². The van der Waals surface area contributed by atoms with E-state index in [2.05, 4.69) is 5.48 Å². The molecule has 0 aromatic heterocycles. The molecule has 1 aromatic rings. The average Bonchev–Trinajstić information content (AvgIpc) is 2.85. The number of carbonyl (C=O) groups is 4. The van der Waals surface area contributed by atoms with Crippen molar-refractivity contribution in [2.45, 2.75) is 45.8 Å². The van der Waals surface area contributed by atoms with Crippen molar-refractivity contribution in [1.82, 2.24) is 10.5 Å². The minimum Gasteiger partial charge on any atom is -0.442 e. The maximum Gasteiger partial charge on any atom is 0.431 e. The van der Waals surface area contributed by atoms with Gasteiger partial charge in [0.1, 0.15) is 5.60 Å². The van der Waals surface area contributed by atoms with Crippen LogP contribution in [0.5, 0.6) is 0 Å². The summed E-state index contributed by atoms with van der Waals surface area (Å²) in [5.41, 5.74) is 2.18. The van der Waals surface area contributed by atoms with Crippen LogP contribution in [0.15, 0.2) is 24.3 Å². The van der Waals surface area contributed by atoms with Crippen LogP contribution in [-0.4, -0.2) is 34.5 Å². The molecular formula is C17H20N2O7. The lowest BCUT2D eigenvalue weighted by molar-refractivity contribution is -0.172. The fraction of sp³-hybridized carbons (Fsp3) is 0.412. The molecule has 1 aliphatic heterocycles. The van der Waals surface area contributed by atoms with Crippen LogP contribution < -0.4 is 5.48 Å². The van der Waals surface area contributed by atoms with Gasteiger partial charge in [0.2, 0.25) is 0 Å². The smallest absolute Gasteiger partial charge is 0.431 e. The van der Waals surface area contributed by atoms with E-state index < -0.39 is 29.5 Å². The van der Waals surface area contributed by atoms with Crippen LogP contribution >= 0.6 is 0 Å². The molecule has 0 spiro atoms. The topological polar surface area (TPSA) is 111 Å². The highest BCUT2D eigenvalue weighted by Gasteiger charge is 2.33. The minimum absolute atomic E-state index is 0.0241. The molecule has 0 atom stereocenters. The fourth-order valence-electron chi connectivity index (χ4n) is 2.06. The highest BCUT2D eigenvalue weighted by Crippen LogP contribution is 2.15. The molecule has 1 aliphatic rings. The first-order valence-electron chi connectivity index (χ1n) is 7.93. The van der Waals surface area contributed by atoms with Crippen LogP contribution in [0.2, 0.25) is 0 Å². The van der Waals surface area contributed by atoms with Crippen molar-refractivity contribution in [3.05, 3.63) is 35.4 Å². The van der Waals surface area contributed by atoms with Crippen molar-refractivity contribution in [1.29, 1.82) is 0 Å². The lowest BCUT2D eigenvalue weighted by Gasteiger charge is -2.19. The zero-order chi connectivity index (χ0) is 19.3. The predicted octanol–water partition coefficient (Wildman–Crippen LogP) is 1.86. The van der Waals surface area contributed by atoms with Gasteiger partial charge in [0.05, 0.1) is 12.2 Å². The number of hydrogen-bond acceptors (Lipinski definition) is 7. The third-order valence-electron chi connectivity index (χ3n) is 3.14. The highest BCUT2D eigenvalue weighted by molar-refractivity contribution is 6.02. The van der Waals surface area contributed by atoms with E-state index in [0.717, 1.165) is 0 Å². The van der Waals surface area contributed by atoms with Crippen LogP contribution in [0, 0.1) is 0 Å². The number of benzene rings is 1. The Morgan fingerprint density at radius 3 is 2.42 bits per heavy atom. The first-order valence-corrected chi connectivity index (χ1v) is 7.93. The first kappa shape index (κ1) is 19.4. The van der Waals surface area contributed by atoms with Gasteiger partial charge in [-0.05, 0) is 38.5 Å². The second-order valence-electron chi connectivity index (χ2n) is 6.55. The quantitative estimate of drug-likeness (QED) is 0.627. The van der Waals surface area contributed by atoms with Crippen LogP contribution in [0.1, 0.15) is 49.5 Å². The third kappa shape index (κ3) is 5.55. The van der Waals surface area contributed by atoms with Gasteiger partial charge < -0.3 is 9.57 Å². The summed E-state index contributed by atoms with van der Waals surface area (Å²) in [7, 11) is 0. The Morgan fingerprint density at radius 2 is 1.81 bits per heavy atom. The summed E-state index contributed by atoms with van der Waals surface area (Å²) in [5, 5.41) is 0.482. The zero-order valence-corrected chi connectivity index (χ0v) is 14.7. The molecular weight excluding hydrogens is 344 g/mol. The number of nitrogens with one attached hydrogen (secondary N) is 1. The van der Waals surface area contributed by atoms with E-state index in [1.807, 2.05) is 0 Å². The third-order valence-corrected chi connectivity index (χ3v) is 3.14. The molecule has 26 heavy (non-hydrogen) atoms. The SMILES string of the molecule is CC(C)(C)OC(=O)NOCc1cccc(C(=O)ON2C(=O)CCC2=O)c1. The molecule has 0 unspecified atom stereocenters. The molecule has 0 saturated carbocycles. The van der Waals surface area contributed by atoms with E-state index in [9.17, 15) is 19.2 Å². The Morgan fingerprint density at radius 1 is 1.15 bits per heavy atom. The van der Waals surface area contributed by atoms with Gasteiger partial charge in [0, 0.05) is 12.8 Å². The number of amides is 3. The van der Waals surface area contributed by atoms with Gasteiger partial charge in [-0.25, -0.2) is 9.59 Å². The molecule has 9 nitrogen and oxygen atoms in total. The van der Waals surface area contributed by atoms with Crippen molar-refractivity contribution in [2.24, 2.45) is 0 Å². The van der Waals surface area contributed by atoms with Crippen molar-refractivity contribution in [3.63, 3.8) is 0 Å². The normalized spacial score (nSPS) is 14.3. The Balaban J connectivity index is 1.89. The average molecular weight is 364 g/mol. The molecule has 0 bridgehead atoms. The summed E-state index contributed by atoms with van der Waals surface area (Å²) >= 11 is 0. The summed E-state index contributed by atoms with van der Waals surface area (Å²) in [6.07, 6.45) is -0.689. The first-order chi connectivity index (χ1) is 12.2. The van der Waals surface area contributed by atoms with Gasteiger partial charge in [-0.2, -0.15) is 5.48 Å². The summed E-state index contributed by atoms with van der Waals surface area (Å²) < 4.78 is 5.01. The van der Waals surface area contributed by atoms with Crippen molar-refractivity contribution >= 4 is 23.9 Å². The number of ether oxygens (including phenoxy) is 1. The Hall–Kier alpha value is -2.94. The van der Waals surface area contributed by atoms with E-state index in [4.69, 9.17) is 14.4 Å². The lowest BCUT2D eigenvalue weighted by atomic mass is 10.1. The van der Waals surface area contributed by atoms with E-state index in [1.54, 1.807) is 32.9 Å². The number of hydroxylamine groups is 3. The summed E-state index contributed by atoms with van der Waals surface area (Å²) in [6, 6.07) is 6.18. The molecule has 3 amide bonds. The van der Waals surface area contributed by atoms with Gasteiger partial charge in [-0.1, -0.05) is 12.1 Å². The maximum atomic E-state index is 12.1. The molecule has 2 rings (SSSR count). The zero-order valence-electron chi connectivity index (χ0n) is 14.7. The van der Waals surface area contributed by atoms with Gasteiger partial charge in [-0.3, -0.25) is 14.4 Å². The second kappa shape index (κ2) is 7.96. The minimum atomic E-state index is -0.837. The van der Waals surface area contributed by atoms with E-state index >= 15 is 0 Å². The standard InChI is InChI=1S/C17H20N2O7/c1-17(2,3)25-16(23)18-24-10-11-5-4-6-12(9-11)15(22)26-19-13(20)7-8-14(19)21/h4-6,9H,7-8,10H2,1-3H3,(H,18,23). The van der Waals surface area contributed by atoms with E-state index in [-0.39, 0.29) is 25.0 Å². The molecule has 1 aromatic carbocycles. The highest BCUT2D eigenvalue weighted by atomic mass is 16.7. The fourth-order valence-corrected chi connectivity index (χ4v) is 2.06. The molecule has 9 heteroatoms. The van der Waals surface area contributed by atoms with Crippen LogP contribution in [0.25, 0.3) is 0 Å². The van der Waals surface area contributed by atoms with Crippen LogP contribution in [0.4, 0.5) is 4.79 Å². The summed E-state index contributed by atoms with van der Waals surface area (Å²) in [5.74, 6) is -1.94. The molecule has 0 aliphatic carbocycles. The largest absolute Gasteiger partial charge is 0.442 e. The lowest BCUT2D eigenvalue weighted by Crippen LogP contribution is -2.32. The van der Waals surface area contributed by atoms with Gasteiger partial charge in [-0.15, -0.1) is 5.06 Å². The summed E-state index contributed by atoms with van der Waals surface area (Å²) in [6.45, 7) is 5.13. The number of imide groups is 1. The van der Waals surface area contributed by atoms with Gasteiger partial charge in [0.15, 0.2) is 0 Å². The number of hydrogen-bond donors (Lipinski definition) is 1. The van der Waals surface area contributed by atoms with Crippen molar-refractivity contribution < 1.29 is 33.6 Å². The van der Waals surface area contributed by atoms with Crippen molar-refractivity contribution in [2.75, 3.05) is 0 Å². The molecule has 1 fully saturated rings. The van der Waals surface area contributed by atoms with E-state index in [1.165, 1.54) is 12.1 Å². The van der Waals surface area contributed by atoms with Crippen LogP contribution in [-0.2, 0) is 30.6 Å². The predicted molar refractivity (Wildman–Crippen MR) is 87.1 cm³/mol. The molecule has 1 heterocycles. The van der Waals surface area contributed by atoms with Gasteiger partial charge >= 0.3 is 12.1 Å². The second-order valence-corrected chi connectivity index (χ2v) is 6.55. The summed E-state index contributed by atoms with van der Waals surface area (Å²) in [4.78, 5) is 56.4. The Labute approximate surface area is 150 Å².